The van der Waals surface area contributed by atoms with E-state index >= 15 is 0 Å². The number of pyridine rings is 1. The van der Waals surface area contributed by atoms with Gasteiger partial charge < -0.3 is 10.1 Å². The van der Waals surface area contributed by atoms with Gasteiger partial charge in [0.2, 0.25) is 5.88 Å². The van der Waals surface area contributed by atoms with Crippen LogP contribution in [0.2, 0.25) is 0 Å². The van der Waals surface area contributed by atoms with Crippen molar-refractivity contribution in [2.24, 2.45) is 5.92 Å². The number of nitrogens with one attached hydrogen (secondary N) is 1. The minimum Gasteiger partial charge on any atom is -0.476 e. The summed E-state index contributed by atoms with van der Waals surface area (Å²) in [6.07, 6.45) is 7.84. The van der Waals surface area contributed by atoms with Crippen LogP contribution in [-0.4, -0.2) is 34.5 Å². The molecule has 0 amide bonds. The first kappa shape index (κ1) is 12.2. The molecule has 1 aliphatic heterocycles. The van der Waals surface area contributed by atoms with E-state index in [2.05, 4.69) is 15.4 Å². The number of piperidine rings is 1. The molecule has 1 fully saturated rings. The summed E-state index contributed by atoms with van der Waals surface area (Å²) in [6.45, 7) is 2.86. The Kier molecular flexibility index (Phi) is 3.74. The molecule has 1 aliphatic rings. The lowest BCUT2D eigenvalue weighted by atomic mass is 10.0. The lowest BCUT2D eigenvalue weighted by Crippen LogP contribution is -2.33. The zero-order valence-electron chi connectivity index (χ0n) is 10.8. The topological polar surface area (TPSA) is 52.0 Å². The van der Waals surface area contributed by atoms with E-state index in [0.29, 0.717) is 18.4 Å². The summed E-state index contributed by atoms with van der Waals surface area (Å²) in [6, 6.07) is 5.75. The fourth-order valence-electron chi connectivity index (χ4n) is 2.34. The number of hydrogen-bond acceptors (Lipinski definition) is 4. The molecule has 19 heavy (non-hydrogen) atoms. The summed E-state index contributed by atoms with van der Waals surface area (Å²) in [4.78, 5) is 4.32. The average molecular weight is 258 g/mol. The van der Waals surface area contributed by atoms with Crippen molar-refractivity contribution < 1.29 is 4.74 Å². The second kappa shape index (κ2) is 5.84. The van der Waals surface area contributed by atoms with Gasteiger partial charge in [0.25, 0.3) is 0 Å². The van der Waals surface area contributed by atoms with Gasteiger partial charge in [-0.3, -0.25) is 0 Å². The Morgan fingerprint density at radius 2 is 2.37 bits per heavy atom. The molecule has 0 saturated carbocycles. The first-order chi connectivity index (χ1) is 9.43. The van der Waals surface area contributed by atoms with Crippen LogP contribution in [0, 0.1) is 5.92 Å². The van der Waals surface area contributed by atoms with E-state index in [1.54, 1.807) is 17.1 Å². The van der Waals surface area contributed by atoms with E-state index in [-0.39, 0.29) is 0 Å². The van der Waals surface area contributed by atoms with Crippen molar-refractivity contribution >= 4 is 0 Å². The Balaban J connectivity index is 1.70. The van der Waals surface area contributed by atoms with Crippen molar-refractivity contribution in [3.05, 3.63) is 36.8 Å². The number of ether oxygens (including phenoxy) is 1. The Hall–Kier alpha value is -1.88. The Morgan fingerprint density at radius 1 is 1.37 bits per heavy atom. The second-order valence-electron chi connectivity index (χ2n) is 4.80. The van der Waals surface area contributed by atoms with E-state index in [1.807, 2.05) is 24.4 Å². The van der Waals surface area contributed by atoms with Crippen molar-refractivity contribution in [2.45, 2.75) is 12.8 Å². The maximum Gasteiger partial charge on any atom is 0.239 e. The van der Waals surface area contributed by atoms with Crippen LogP contribution in [0.3, 0.4) is 0 Å². The van der Waals surface area contributed by atoms with Crippen molar-refractivity contribution in [3.63, 3.8) is 0 Å². The highest BCUT2D eigenvalue weighted by Crippen LogP contribution is 2.20. The van der Waals surface area contributed by atoms with Crippen molar-refractivity contribution in [1.82, 2.24) is 20.1 Å². The Morgan fingerprint density at radius 3 is 3.16 bits per heavy atom. The Labute approximate surface area is 112 Å². The summed E-state index contributed by atoms with van der Waals surface area (Å²) in [5.41, 5.74) is 0.885. The van der Waals surface area contributed by atoms with Crippen molar-refractivity contribution in [3.8, 4) is 11.6 Å². The van der Waals surface area contributed by atoms with E-state index in [4.69, 9.17) is 4.74 Å². The predicted molar refractivity (Wildman–Crippen MR) is 72.4 cm³/mol. The van der Waals surface area contributed by atoms with E-state index < -0.39 is 0 Å². The van der Waals surface area contributed by atoms with Gasteiger partial charge in [0.15, 0.2) is 0 Å². The molecule has 2 aromatic rings. The van der Waals surface area contributed by atoms with Gasteiger partial charge in [-0.1, -0.05) is 0 Å². The van der Waals surface area contributed by atoms with Gasteiger partial charge in [-0.15, -0.1) is 0 Å². The number of aromatic nitrogens is 3. The minimum atomic E-state index is 0.571. The molecule has 0 bridgehead atoms. The third-order valence-electron chi connectivity index (χ3n) is 3.36. The maximum absolute atomic E-state index is 5.89. The highest BCUT2D eigenvalue weighted by atomic mass is 16.5. The fourth-order valence-corrected chi connectivity index (χ4v) is 2.34. The molecule has 100 valence electrons. The number of hydrogen-bond donors (Lipinski definition) is 1. The molecule has 2 aromatic heterocycles. The van der Waals surface area contributed by atoms with Gasteiger partial charge in [-0.25, -0.2) is 9.67 Å². The quantitative estimate of drug-likeness (QED) is 0.906. The Bertz CT molecular complexity index is 506. The smallest absolute Gasteiger partial charge is 0.239 e. The van der Waals surface area contributed by atoms with Crippen molar-refractivity contribution in [1.29, 1.82) is 0 Å². The molecule has 0 spiro atoms. The van der Waals surface area contributed by atoms with Crippen LogP contribution >= 0.6 is 0 Å². The van der Waals surface area contributed by atoms with Gasteiger partial charge >= 0.3 is 0 Å². The number of nitrogens with zero attached hydrogens (tertiary/aromatic N) is 3. The van der Waals surface area contributed by atoms with Gasteiger partial charge in [-0.05, 0) is 37.6 Å². The molecule has 0 aromatic carbocycles. The lowest BCUT2D eigenvalue weighted by molar-refractivity contribution is 0.211. The zero-order chi connectivity index (χ0) is 12.9. The van der Waals surface area contributed by atoms with Gasteiger partial charge in [0, 0.05) is 31.1 Å². The third-order valence-corrected chi connectivity index (χ3v) is 3.36. The minimum absolute atomic E-state index is 0.571. The predicted octanol–water partition coefficient (Wildman–Crippen LogP) is 1.65. The molecule has 5 nitrogen and oxygen atoms in total. The first-order valence-electron chi connectivity index (χ1n) is 6.72. The van der Waals surface area contributed by atoms with E-state index in [0.717, 1.165) is 18.8 Å². The number of rotatable bonds is 4. The van der Waals surface area contributed by atoms with E-state index in [1.165, 1.54) is 12.8 Å². The first-order valence-corrected chi connectivity index (χ1v) is 6.72. The average Bonchev–Trinajstić information content (AvgIpc) is 3.01. The standard InChI is InChI=1S/C14H18N4O/c1-4-12(10-15-6-1)11-19-14-13(5-2-7-16-14)18-9-3-8-17-18/h2-3,5,7-9,12,15H,1,4,6,10-11H2. The van der Waals surface area contributed by atoms with Gasteiger partial charge in [0.1, 0.15) is 5.69 Å². The van der Waals surface area contributed by atoms with E-state index in [9.17, 15) is 0 Å². The highest BCUT2D eigenvalue weighted by molar-refractivity contribution is 5.40. The molecular weight excluding hydrogens is 240 g/mol. The largest absolute Gasteiger partial charge is 0.476 e. The van der Waals surface area contributed by atoms with Crippen LogP contribution in [0.15, 0.2) is 36.8 Å². The summed E-state index contributed by atoms with van der Waals surface area (Å²) >= 11 is 0. The summed E-state index contributed by atoms with van der Waals surface area (Å²) < 4.78 is 7.67. The zero-order valence-corrected chi connectivity index (χ0v) is 10.8. The summed E-state index contributed by atoms with van der Waals surface area (Å²) in [7, 11) is 0. The molecule has 5 heteroatoms. The summed E-state index contributed by atoms with van der Waals surface area (Å²) in [5.74, 6) is 1.22. The van der Waals surface area contributed by atoms with Gasteiger partial charge in [-0.2, -0.15) is 5.10 Å². The molecule has 0 radical (unpaired) electrons. The highest BCUT2D eigenvalue weighted by Gasteiger charge is 2.15. The monoisotopic (exact) mass is 258 g/mol. The molecule has 1 unspecified atom stereocenters. The maximum atomic E-state index is 5.89. The van der Waals surface area contributed by atoms with Gasteiger partial charge in [0.05, 0.1) is 6.61 Å². The summed E-state index contributed by atoms with van der Waals surface area (Å²) in [5, 5.41) is 7.62. The van der Waals surface area contributed by atoms with Crippen LogP contribution in [-0.2, 0) is 0 Å². The van der Waals surface area contributed by atoms with Crippen LogP contribution in [0.1, 0.15) is 12.8 Å². The third kappa shape index (κ3) is 2.93. The lowest BCUT2D eigenvalue weighted by Gasteiger charge is -2.22. The molecule has 3 rings (SSSR count). The molecular formula is C14H18N4O. The molecule has 3 heterocycles. The molecule has 1 atom stereocenters. The normalized spacial score (nSPS) is 19.3. The second-order valence-corrected chi connectivity index (χ2v) is 4.80. The van der Waals surface area contributed by atoms with Crippen LogP contribution in [0.25, 0.3) is 5.69 Å². The van der Waals surface area contributed by atoms with Crippen molar-refractivity contribution in [2.75, 3.05) is 19.7 Å². The van der Waals surface area contributed by atoms with Crippen LogP contribution in [0.5, 0.6) is 5.88 Å². The molecule has 1 saturated heterocycles. The van der Waals surface area contributed by atoms with Crippen LogP contribution < -0.4 is 10.1 Å². The SMILES string of the molecule is c1cnc(OCC2CCCNC2)c(-n2cccn2)c1. The fraction of sp³-hybridized carbons (Fsp3) is 0.429. The molecule has 0 aliphatic carbocycles. The molecule has 1 N–H and O–H groups in total. The van der Waals surface area contributed by atoms with Crippen LogP contribution in [0.4, 0.5) is 0 Å².